The predicted octanol–water partition coefficient (Wildman–Crippen LogP) is -16.1. The zero-order valence-electron chi connectivity index (χ0n) is 36.6. The van der Waals surface area contributed by atoms with E-state index in [4.69, 9.17) is 11.5 Å². The first-order chi connectivity index (χ1) is 29.2. The van der Waals surface area contributed by atoms with Gasteiger partial charge in [-0.2, -0.15) is 27.1 Å². The first kappa shape index (κ1) is 69.7. The summed E-state index contributed by atoms with van der Waals surface area (Å²) in [4.78, 5) is -7.20. The molecule has 338 valence electrons. The molecule has 6 N–H and O–H groups in total. The number of rotatable bonds is 11. The van der Waals surface area contributed by atoms with Crippen LogP contribution < -0.4 is 199 Å². The van der Waals surface area contributed by atoms with Crippen molar-refractivity contribution in [2.75, 3.05) is 11.5 Å². The van der Waals surface area contributed by atoms with Gasteiger partial charge in [0.2, 0.25) is 0 Å². The van der Waals surface area contributed by atoms with E-state index in [1.807, 2.05) is 0 Å². The van der Waals surface area contributed by atoms with Crippen molar-refractivity contribution in [3.8, 4) is 22.6 Å². The molecule has 0 spiro atoms. The summed E-state index contributed by atoms with van der Waals surface area (Å²) < 4.78 is 213. The number of nitrogen functional groups attached to an aromatic ring is 2. The van der Waals surface area contributed by atoms with Gasteiger partial charge in [-0.05, 0) is 82.2 Å². The Morgan fingerprint density at radius 1 is 0.400 bits per heavy atom. The Morgan fingerprint density at radius 3 is 0.957 bits per heavy atom. The Morgan fingerprint density at radius 2 is 0.700 bits per heavy atom. The van der Waals surface area contributed by atoms with Crippen LogP contribution in [-0.4, -0.2) is 77.8 Å². The van der Waals surface area contributed by atoms with Gasteiger partial charge in [-0.1, -0.05) is 23.6 Å². The molecular weight excluding hydrogens is 1120 g/mol. The van der Waals surface area contributed by atoms with Gasteiger partial charge in [-0.15, -0.1) is 10.2 Å². The summed E-state index contributed by atoms with van der Waals surface area (Å²) in [7, 11) is -32.6. The van der Waals surface area contributed by atoms with Gasteiger partial charge in [-0.25, -0.2) is 33.7 Å². The fourth-order valence-corrected chi connectivity index (χ4v) is 9.86. The third-order valence-electron chi connectivity index (χ3n) is 8.69. The van der Waals surface area contributed by atoms with Crippen molar-refractivity contribution in [2.24, 2.45) is 20.5 Å². The van der Waals surface area contributed by atoms with Crippen molar-refractivity contribution < 1.29 is 265 Å². The molecule has 6 rings (SSSR count). The molecule has 0 aliphatic rings. The SMILES string of the molecule is Nc1cc(S(=O)(=O)[O-])cc2cc(S(=O)(=O)O)c(N=Nc3ccc(-c4ccc(N=Nc5c(S(=O)(=O)O)cc6cc(S(=O)(=O)[O-])cc(N)c6c5[O-])cc4S(=O)(=O)[O-])c(S(=O)(=O)[O-])c3)c([O-])c12.[Na+].[Na+].[Na+].[Na+].[Na+].[Na+]. The third kappa shape index (κ3) is 15.4. The number of anilines is 2. The standard InChI is InChI=1S/C32H24N6O20S6.6Na/c33-21-11-17(59(41,42)43)5-13-7-25(63(53,54)55)29(31(39)27(13)21)37-35-15-1-3-19(23(9-15)61(47,48)49)20-4-2-16(10-24(20)62(50,51)52)36-38-30-26(64(56,57)58)8-14-6-18(60(44,45)46)12-22(34)28(14)32(30)40;;;;;;/h1-12,39-40H,33-34H2,(H,41,42,43)(H,44,45,46)(H,47,48,49)(H,50,51,52)(H,53,54,55)(H,56,57,58);;;;;;/q;6*+1/p-6. The fourth-order valence-electron chi connectivity index (χ4n) is 6.04. The third-order valence-corrected chi connectivity index (χ3v) is 13.8. The molecule has 0 aromatic heterocycles. The molecule has 6 aromatic carbocycles. The largest absolute Gasteiger partial charge is 1.00 e. The zero-order chi connectivity index (χ0) is 47.9. The minimum atomic E-state index is -5.71. The number of azo groups is 2. The van der Waals surface area contributed by atoms with Crippen molar-refractivity contribution in [3.63, 3.8) is 0 Å². The van der Waals surface area contributed by atoms with Gasteiger partial charge >= 0.3 is 177 Å². The summed E-state index contributed by atoms with van der Waals surface area (Å²) in [6.45, 7) is 0. The van der Waals surface area contributed by atoms with Crippen molar-refractivity contribution in [1.82, 2.24) is 0 Å². The Bertz CT molecular complexity index is 3600. The monoisotopic (exact) mass is 1140 g/mol. The average Bonchev–Trinajstić information content (AvgIpc) is 3.14. The fraction of sp³-hybridized carbons (Fsp3) is 0. The molecule has 0 radical (unpaired) electrons. The number of hydrogen-bond acceptors (Lipinski definition) is 24. The summed E-state index contributed by atoms with van der Waals surface area (Å²) >= 11 is 0. The van der Waals surface area contributed by atoms with Crippen molar-refractivity contribution in [2.45, 2.75) is 29.4 Å². The van der Waals surface area contributed by atoms with E-state index in [-0.39, 0.29) is 177 Å². The summed E-state index contributed by atoms with van der Waals surface area (Å²) in [6.07, 6.45) is 0. The van der Waals surface area contributed by atoms with Crippen LogP contribution in [0.1, 0.15) is 0 Å². The van der Waals surface area contributed by atoms with Gasteiger partial charge in [0.25, 0.3) is 20.2 Å². The van der Waals surface area contributed by atoms with Crippen LogP contribution in [0, 0.1) is 0 Å². The van der Waals surface area contributed by atoms with E-state index in [1.54, 1.807) is 0 Å². The molecule has 0 saturated carbocycles. The number of nitrogens with two attached hydrogens (primary N) is 2. The quantitative estimate of drug-likeness (QED) is 0.0405. The smallest absolute Gasteiger partial charge is 0.870 e. The van der Waals surface area contributed by atoms with E-state index in [2.05, 4.69) is 20.5 Å². The van der Waals surface area contributed by atoms with E-state index < -0.39 is 168 Å². The van der Waals surface area contributed by atoms with E-state index in [1.165, 1.54) is 0 Å². The van der Waals surface area contributed by atoms with Crippen LogP contribution in [0.15, 0.2) is 123 Å². The van der Waals surface area contributed by atoms with Gasteiger partial charge in [0, 0.05) is 22.5 Å². The minimum absolute atomic E-state index is 0. The molecule has 0 amide bonds. The Kier molecular flexibility index (Phi) is 25.1. The maximum absolute atomic E-state index is 13.4. The Labute approximate surface area is 529 Å². The van der Waals surface area contributed by atoms with Crippen LogP contribution in [0.25, 0.3) is 32.7 Å². The molecule has 0 bridgehead atoms. The van der Waals surface area contributed by atoms with Gasteiger partial charge in [0.1, 0.15) is 50.3 Å². The first-order valence-electron chi connectivity index (χ1n) is 16.2. The van der Waals surface area contributed by atoms with Gasteiger partial charge in [0.15, 0.2) is 0 Å². The summed E-state index contributed by atoms with van der Waals surface area (Å²) in [6, 6.07) is 7.25. The average molecular weight is 1140 g/mol. The van der Waals surface area contributed by atoms with Crippen LogP contribution >= 0.6 is 0 Å². The molecule has 70 heavy (non-hydrogen) atoms. The van der Waals surface area contributed by atoms with Gasteiger partial charge in [0.05, 0.1) is 42.3 Å². The number of fused-ring (bicyclic) bond motifs is 2. The number of benzene rings is 6. The number of hydrogen-bond donors (Lipinski definition) is 4. The minimum Gasteiger partial charge on any atom is -0.870 e. The first-order valence-corrected chi connectivity index (χ1v) is 24.7. The van der Waals surface area contributed by atoms with E-state index >= 15 is 0 Å². The summed E-state index contributed by atoms with van der Waals surface area (Å²) in [5, 5.41) is 38.4. The van der Waals surface area contributed by atoms with E-state index in [9.17, 15) is 88.0 Å². The van der Waals surface area contributed by atoms with Crippen LogP contribution in [0.4, 0.5) is 34.1 Å². The molecule has 0 aliphatic heterocycles. The molecular formula is C32H18N6Na6O20S6. The summed E-state index contributed by atoms with van der Waals surface area (Å²) in [5.74, 6) is -2.82. The topological polar surface area (TPSA) is 485 Å². The molecule has 0 atom stereocenters. The van der Waals surface area contributed by atoms with Crippen LogP contribution in [-0.2, 0) is 60.7 Å². The van der Waals surface area contributed by atoms with Crippen molar-refractivity contribution in [3.05, 3.63) is 72.8 Å². The molecule has 0 aliphatic carbocycles. The molecule has 0 unspecified atom stereocenters. The summed E-state index contributed by atoms with van der Waals surface area (Å²) in [5.41, 5.74) is 4.83. The normalized spacial score (nSPS) is 12.3. The molecule has 38 heteroatoms. The van der Waals surface area contributed by atoms with Gasteiger partial charge < -0.3 is 39.9 Å². The molecule has 0 fully saturated rings. The Balaban J connectivity index is 0.00000793. The molecule has 0 heterocycles. The second-order valence-corrected chi connectivity index (χ2v) is 21.1. The number of nitrogens with zero attached hydrogens (tertiary/aromatic N) is 4. The predicted molar refractivity (Wildman–Crippen MR) is 207 cm³/mol. The Hall–Kier alpha value is -0.300. The van der Waals surface area contributed by atoms with Crippen molar-refractivity contribution in [1.29, 1.82) is 0 Å². The van der Waals surface area contributed by atoms with Crippen LogP contribution in [0.3, 0.4) is 0 Å². The maximum atomic E-state index is 13.4. The van der Waals surface area contributed by atoms with Gasteiger partial charge in [-0.3, -0.25) is 9.11 Å². The van der Waals surface area contributed by atoms with E-state index in [0.717, 1.165) is 12.1 Å². The van der Waals surface area contributed by atoms with Crippen molar-refractivity contribution >= 4 is 116 Å². The second-order valence-electron chi connectivity index (χ2n) is 12.9. The molecule has 6 aromatic rings. The zero-order valence-corrected chi connectivity index (χ0v) is 53.5. The molecule has 0 saturated heterocycles. The molecule has 26 nitrogen and oxygen atoms in total. The maximum Gasteiger partial charge on any atom is 1.00 e. The van der Waals surface area contributed by atoms with E-state index in [0.29, 0.717) is 60.7 Å². The van der Waals surface area contributed by atoms with Crippen LogP contribution in [0.2, 0.25) is 0 Å². The van der Waals surface area contributed by atoms with Crippen LogP contribution in [0.5, 0.6) is 11.5 Å². The second kappa shape index (κ2) is 25.2.